The average Bonchev–Trinajstić information content (AvgIpc) is 2.69. The quantitative estimate of drug-likeness (QED) is 0.221. The van der Waals surface area contributed by atoms with E-state index in [4.69, 9.17) is 46.4 Å². The zero-order valence-electron chi connectivity index (χ0n) is 15.9. The summed E-state index contributed by atoms with van der Waals surface area (Å²) in [6, 6.07) is 6.82. The number of aryl methyl sites for hydroxylation is 1. The molecule has 0 aliphatic heterocycles. The van der Waals surface area contributed by atoms with Gasteiger partial charge in [0.2, 0.25) is 5.78 Å². The summed E-state index contributed by atoms with van der Waals surface area (Å²) in [5.74, 6) is -3.62. The molecule has 0 aromatic heterocycles. The van der Waals surface area contributed by atoms with E-state index >= 15 is 0 Å². The Balaban J connectivity index is 2.24. The third kappa shape index (κ3) is 6.88. The van der Waals surface area contributed by atoms with Crippen molar-refractivity contribution >= 4 is 64.2 Å². The van der Waals surface area contributed by atoms with Crippen LogP contribution in [0.2, 0.25) is 20.1 Å². The van der Waals surface area contributed by atoms with Gasteiger partial charge in [-0.25, -0.2) is 4.79 Å². The van der Waals surface area contributed by atoms with Gasteiger partial charge in [0.05, 0.1) is 28.1 Å². The number of esters is 1. The predicted molar refractivity (Wildman–Crippen MR) is 116 cm³/mol. The largest absolute Gasteiger partial charge is 0.463 e. The van der Waals surface area contributed by atoms with E-state index in [0.29, 0.717) is 11.1 Å². The van der Waals surface area contributed by atoms with Gasteiger partial charge in [-0.3, -0.25) is 4.79 Å². The maximum Gasteiger partial charge on any atom is 0.399 e. The standard InChI is InChI=1S/C21H15Cl4F3O3/c1-31-20(30)18(29)7-5-12-4-2-11(8-15(12)22)3-6-14(21(26,27)28)13-9-16(23)19(25)17(24)10-13/h2-4,6,8-10,14H,5,7H2,1H3/b6-3+. The van der Waals surface area contributed by atoms with E-state index in [-0.39, 0.29) is 38.5 Å². The molecule has 166 valence electrons. The second-order valence-electron chi connectivity index (χ2n) is 6.44. The van der Waals surface area contributed by atoms with Gasteiger partial charge in [0.15, 0.2) is 0 Å². The Bertz CT molecular complexity index is 996. The van der Waals surface area contributed by atoms with Gasteiger partial charge in [-0.2, -0.15) is 13.2 Å². The van der Waals surface area contributed by atoms with Gasteiger partial charge in [-0.15, -0.1) is 0 Å². The summed E-state index contributed by atoms with van der Waals surface area (Å²) < 4.78 is 45.2. The Kier molecular flexibility index (Phi) is 8.83. The van der Waals surface area contributed by atoms with Crippen molar-refractivity contribution in [2.45, 2.75) is 24.9 Å². The highest BCUT2D eigenvalue weighted by atomic mass is 35.5. The molecule has 1 atom stereocenters. The monoisotopic (exact) mass is 512 g/mol. The Labute approximate surface area is 196 Å². The van der Waals surface area contributed by atoms with Crippen molar-refractivity contribution in [1.29, 1.82) is 0 Å². The number of Topliss-reactive ketones (excluding diaryl/α,β-unsaturated/α-hetero) is 1. The van der Waals surface area contributed by atoms with Crippen LogP contribution in [0.1, 0.15) is 29.0 Å². The van der Waals surface area contributed by atoms with Gasteiger partial charge in [-0.05, 0) is 41.3 Å². The highest BCUT2D eigenvalue weighted by Gasteiger charge is 2.39. The van der Waals surface area contributed by atoms with Gasteiger partial charge in [0.1, 0.15) is 0 Å². The van der Waals surface area contributed by atoms with Crippen LogP contribution < -0.4 is 0 Å². The number of rotatable bonds is 7. The summed E-state index contributed by atoms with van der Waals surface area (Å²) in [7, 11) is 1.11. The minimum absolute atomic E-state index is 0.0231. The van der Waals surface area contributed by atoms with Crippen LogP contribution in [-0.4, -0.2) is 25.0 Å². The second-order valence-corrected chi connectivity index (χ2v) is 8.04. The molecule has 0 saturated heterocycles. The number of carbonyl (C=O) groups excluding carboxylic acids is 2. The first-order valence-electron chi connectivity index (χ1n) is 8.73. The molecule has 3 nitrogen and oxygen atoms in total. The third-order valence-corrected chi connectivity index (χ3v) is 5.86. The van der Waals surface area contributed by atoms with Crippen LogP contribution in [0.4, 0.5) is 13.2 Å². The summed E-state index contributed by atoms with van der Waals surface area (Å²) >= 11 is 23.7. The molecular weight excluding hydrogens is 499 g/mol. The van der Waals surface area contributed by atoms with Crippen molar-refractivity contribution in [3.63, 3.8) is 0 Å². The number of allylic oxidation sites excluding steroid dienone is 1. The number of halogens is 7. The molecule has 0 bridgehead atoms. The Morgan fingerprint density at radius 1 is 1.03 bits per heavy atom. The van der Waals surface area contributed by atoms with Crippen molar-refractivity contribution in [1.82, 2.24) is 0 Å². The van der Waals surface area contributed by atoms with Crippen LogP contribution >= 0.6 is 46.4 Å². The molecule has 2 aromatic carbocycles. The zero-order chi connectivity index (χ0) is 23.3. The number of ketones is 1. The molecule has 10 heteroatoms. The van der Waals surface area contributed by atoms with Gasteiger partial charge >= 0.3 is 12.1 Å². The minimum Gasteiger partial charge on any atom is -0.463 e. The average molecular weight is 514 g/mol. The topological polar surface area (TPSA) is 43.4 Å². The number of methoxy groups -OCH3 is 1. The van der Waals surface area contributed by atoms with Crippen LogP contribution in [0.15, 0.2) is 36.4 Å². The molecule has 0 heterocycles. The zero-order valence-corrected chi connectivity index (χ0v) is 18.9. The van der Waals surface area contributed by atoms with Crippen LogP contribution in [0, 0.1) is 0 Å². The van der Waals surface area contributed by atoms with E-state index in [2.05, 4.69) is 4.74 Å². The van der Waals surface area contributed by atoms with E-state index in [0.717, 1.165) is 25.3 Å². The number of hydrogen-bond donors (Lipinski definition) is 0. The number of benzene rings is 2. The Morgan fingerprint density at radius 2 is 1.65 bits per heavy atom. The molecule has 0 N–H and O–H groups in total. The maximum atomic E-state index is 13.6. The molecule has 0 fully saturated rings. The first-order valence-corrected chi connectivity index (χ1v) is 10.2. The molecule has 2 rings (SSSR count). The summed E-state index contributed by atoms with van der Waals surface area (Å²) in [5, 5.41) is 0.0624. The molecule has 31 heavy (non-hydrogen) atoms. The SMILES string of the molecule is COC(=O)C(=O)CCc1ccc(/C=C/C(c2cc(Cl)c(Cl)c(Cl)c2)C(F)(F)F)cc1Cl. The van der Waals surface area contributed by atoms with Crippen LogP contribution in [-0.2, 0) is 20.7 Å². The van der Waals surface area contributed by atoms with E-state index < -0.39 is 23.8 Å². The summed E-state index contributed by atoms with van der Waals surface area (Å²) in [6.07, 6.45) is -2.29. The van der Waals surface area contributed by atoms with Crippen LogP contribution in [0.5, 0.6) is 0 Å². The Morgan fingerprint density at radius 3 is 2.16 bits per heavy atom. The molecule has 0 aliphatic rings. The van der Waals surface area contributed by atoms with Gasteiger partial charge in [-0.1, -0.05) is 70.7 Å². The minimum atomic E-state index is -4.60. The molecular formula is C21H15Cl4F3O3. The number of ether oxygens (including phenoxy) is 1. The molecule has 1 unspecified atom stereocenters. The van der Waals surface area contributed by atoms with Crippen molar-refractivity contribution in [3.8, 4) is 0 Å². The van der Waals surface area contributed by atoms with E-state index in [9.17, 15) is 22.8 Å². The smallest absolute Gasteiger partial charge is 0.399 e. The highest BCUT2D eigenvalue weighted by Crippen LogP contribution is 2.41. The van der Waals surface area contributed by atoms with E-state index in [1.165, 1.54) is 12.1 Å². The van der Waals surface area contributed by atoms with Crippen LogP contribution in [0.25, 0.3) is 6.08 Å². The molecule has 2 aromatic rings. The first-order chi connectivity index (χ1) is 14.4. The fourth-order valence-electron chi connectivity index (χ4n) is 2.71. The van der Waals surface area contributed by atoms with Gasteiger partial charge in [0, 0.05) is 11.4 Å². The molecule has 0 spiro atoms. The maximum absolute atomic E-state index is 13.6. The van der Waals surface area contributed by atoms with Gasteiger partial charge in [0.25, 0.3) is 0 Å². The van der Waals surface area contributed by atoms with Crippen LogP contribution in [0.3, 0.4) is 0 Å². The number of hydrogen-bond acceptors (Lipinski definition) is 3. The van der Waals surface area contributed by atoms with Crippen molar-refractivity contribution in [2.24, 2.45) is 0 Å². The lowest BCUT2D eigenvalue weighted by Gasteiger charge is -2.18. The normalized spacial score (nSPS) is 12.8. The lowest BCUT2D eigenvalue weighted by Crippen LogP contribution is -2.19. The molecule has 0 aliphatic carbocycles. The van der Waals surface area contributed by atoms with Crippen molar-refractivity contribution in [2.75, 3.05) is 7.11 Å². The summed E-state index contributed by atoms with van der Waals surface area (Å²) in [4.78, 5) is 22.7. The number of carbonyl (C=O) groups is 2. The Hall–Kier alpha value is -1.73. The lowest BCUT2D eigenvalue weighted by molar-refractivity contribution is -0.151. The number of alkyl halides is 3. The fourth-order valence-corrected chi connectivity index (χ4v) is 3.60. The third-order valence-electron chi connectivity index (χ3n) is 4.31. The lowest BCUT2D eigenvalue weighted by atomic mass is 9.96. The summed E-state index contributed by atoms with van der Waals surface area (Å²) in [5.41, 5.74) is 0.820. The second kappa shape index (κ2) is 10.7. The highest BCUT2D eigenvalue weighted by molar-refractivity contribution is 6.48. The van der Waals surface area contributed by atoms with E-state index in [1.807, 2.05) is 0 Å². The van der Waals surface area contributed by atoms with Gasteiger partial charge < -0.3 is 4.74 Å². The first kappa shape index (κ1) is 25.5. The predicted octanol–water partition coefficient (Wildman–Crippen LogP) is 7.33. The van der Waals surface area contributed by atoms with Crippen molar-refractivity contribution < 1.29 is 27.5 Å². The summed E-state index contributed by atoms with van der Waals surface area (Å²) in [6.45, 7) is 0. The molecule has 0 radical (unpaired) electrons. The molecule has 0 amide bonds. The molecule has 0 saturated carbocycles. The fraction of sp³-hybridized carbons (Fsp3) is 0.238. The van der Waals surface area contributed by atoms with E-state index in [1.54, 1.807) is 12.1 Å². The van der Waals surface area contributed by atoms with Crippen molar-refractivity contribution in [3.05, 3.63) is 73.2 Å².